The van der Waals surface area contributed by atoms with E-state index in [0.29, 0.717) is 0 Å². The lowest BCUT2D eigenvalue weighted by Crippen LogP contribution is -2.25. The quantitative estimate of drug-likeness (QED) is 0.633. The van der Waals surface area contributed by atoms with Crippen LogP contribution >= 0.6 is 11.3 Å². The standard InChI is InChI=1S/C14H23N5S/c1-5-7-19(6-2)8-11-16-13(18-15)12-9(3)10(4)20-14(12)17-11/h5-8,15H2,1-4H3,(H,16,17,18). The minimum Gasteiger partial charge on any atom is -0.308 e. The number of nitrogen functional groups attached to an aromatic ring is 1. The van der Waals surface area contributed by atoms with Crippen LogP contribution in [0.25, 0.3) is 10.2 Å². The summed E-state index contributed by atoms with van der Waals surface area (Å²) in [6, 6.07) is 0. The van der Waals surface area contributed by atoms with Crippen LogP contribution in [0.1, 0.15) is 36.5 Å². The predicted molar refractivity (Wildman–Crippen MR) is 85.9 cm³/mol. The predicted octanol–water partition coefficient (Wildman–Crippen LogP) is 2.83. The number of rotatable bonds is 6. The first-order valence-corrected chi connectivity index (χ1v) is 7.87. The molecular formula is C14H23N5S. The van der Waals surface area contributed by atoms with Crippen LogP contribution in [0.2, 0.25) is 0 Å². The fourth-order valence-corrected chi connectivity index (χ4v) is 3.38. The molecule has 0 aromatic carbocycles. The topological polar surface area (TPSA) is 67.1 Å². The molecule has 110 valence electrons. The van der Waals surface area contributed by atoms with E-state index in [1.54, 1.807) is 11.3 Å². The van der Waals surface area contributed by atoms with Crippen molar-refractivity contribution in [3.8, 4) is 0 Å². The number of hydrazine groups is 1. The fraction of sp³-hybridized carbons (Fsp3) is 0.571. The highest BCUT2D eigenvalue weighted by Crippen LogP contribution is 2.32. The molecular weight excluding hydrogens is 270 g/mol. The zero-order valence-electron chi connectivity index (χ0n) is 12.7. The first kappa shape index (κ1) is 15.2. The van der Waals surface area contributed by atoms with Crippen molar-refractivity contribution in [2.45, 2.75) is 40.7 Å². The summed E-state index contributed by atoms with van der Waals surface area (Å²) in [6.07, 6.45) is 1.13. The highest BCUT2D eigenvalue weighted by molar-refractivity contribution is 7.18. The van der Waals surface area contributed by atoms with E-state index in [1.165, 1.54) is 10.4 Å². The Morgan fingerprint density at radius 2 is 2.00 bits per heavy atom. The second kappa shape index (κ2) is 6.47. The molecule has 0 saturated carbocycles. The Morgan fingerprint density at radius 3 is 2.60 bits per heavy atom. The van der Waals surface area contributed by atoms with Crippen molar-refractivity contribution in [2.75, 3.05) is 18.5 Å². The molecule has 3 N–H and O–H groups in total. The van der Waals surface area contributed by atoms with Crippen LogP contribution in [0.3, 0.4) is 0 Å². The Hall–Kier alpha value is -1.24. The normalized spacial score (nSPS) is 11.5. The van der Waals surface area contributed by atoms with Gasteiger partial charge in [-0.3, -0.25) is 4.90 Å². The third kappa shape index (κ3) is 2.92. The minimum atomic E-state index is 0.736. The van der Waals surface area contributed by atoms with Crippen molar-refractivity contribution >= 4 is 27.4 Å². The summed E-state index contributed by atoms with van der Waals surface area (Å²) in [6.45, 7) is 11.4. The van der Waals surface area contributed by atoms with Gasteiger partial charge in [0.2, 0.25) is 0 Å². The average Bonchev–Trinajstić information content (AvgIpc) is 2.72. The molecule has 0 amide bonds. The summed E-state index contributed by atoms with van der Waals surface area (Å²) in [5.74, 6) is 7.21. The van der Waals surface area contributed by atoms with Crippen LogP contribution in [-0.2, 0) is 6.54 Å². The maximum Gasteiger partial charge on any atom is 0.152 e. The number of nitrogens with two attached hydrogens (primary N) is 1. The van der Waals surface area contributed by atoms with Gasteiger partial charge in [0.05, 0.1) is 11.9 Å². The Bertz CT molecular complexity index is 593. The second-order valence-electron chi connectivity index (χ2n) is 4.96. The molecule has 2 aromatic rings. The van der Waals surface area contributed by atoms with Gasteiger partial charge >= 0.3 is 0 Å². The number of thiophene rings is 1. The highest BCUT2D eigenvalue weighted by Gasteiger charge is 2.15. The minimum absolute atomic E-state index is 0.736. The monoisotopic (exact) mass is 293 g/mol. The number of aromatic nitrogens is 2. The van der Waals surface area contributed by atoms with E-state index in [-0.39, 0.29) is 0 Å². The highest BCUT2D eigenvalue weighted by atomic mass is 32.1. The van der Waals surface area contributed by atoms with Gasteiger partial charge in [0.25, 0.3) is 0 Å². The number of nitrogens with one attached hydrogen (secondary N) is 1. The van der Waals surface area contributed by atoms with E-state index >= 15 is 0 Å². The molecule has 6 heteroatoms. The van der Waals surface area contributed by atoms with Gasteiger partial charge in [-0.25, -0.2) is 15.8 Å². The van der Waals surface area contributed by atoms with Crippen molar-refractivity contribution in [2.24, 2.45) is 5.84 Å². The molecule has 2 rings (SSSR count). The molecule has 0 atom stereocenters. The van der Waals surface area contributed by atoms with Gasteiger partial charge in [-0.15, -0.1) is 11.3 Å². The summed E-state index contributed by atoms with van der Waals surface area (Å²) in [7, 11) is 0. The van der Waals surface area contributed by atoms with Crippen molar-refractivity contribution < 1.29 is 0 Å². The number of aryl methyl sites for hydroxylation is 2. The molecule has 0 radical (unpaired) electrons. The molecule has 0 unspecified atom stereocenters. The van der Waals surface area contributed by atoms with Crippen molar-refractivity contribution in [3.63, 3.8) is 0 Å². The van der Waals surface area contributed by atoms with Gasteiger partial charge in [0.15, 0.2) is 5.82 Å². The lowest BCUT2D eigenvalue weighted by molar-refractivity contribution is 0.274. The summed E-state index contributed by atoms with van der Waals surface area (Å²) >= 11 is 1.71. The molecule has 0 saturated heterocycles. The smallest absolute Gasteiger partial charge is 0.152 e. The van der Waals surface area contributed by atoms with Crippen LogP contribution < -0.4 is 11.3 Å². The second-order valence-corrected chi connectivity index (χ2v) is 6.17. The third-order valence-electron chi connectivity index (χ3n) is 3.56. The molecule has 0 bridgehead atoms. The van der Waals surface area contributed by atoms with Gasteiger partial charge in [-0.05, 0) is 38.9 Å². The summed E-state index contributed by atoms with van der Waals surface area (Å²) in [5.41, 5.74) is 3.94. The van der Waals surface area contributed by atoms with Gasteiger partial charge in [0, 0.05) is 4.88 Å². The largest absolute Gasteiger partial charge is 0.308 e. The summed E-state index contributed by atoms with van der Waals surface area (Å²) < 4.78 is 0. The Labute approximate surface area is 124 Å². The molecule has 0 spiro atoms. The molecule has 0 fully saturated rings. The Balaban J connectivity index is 2.40. The van der Waals surface area contributed by atoms with Crippen molar-refractivity contribution in [3.05, 3.63) is 16.3 Å². The first-order valence-electron chi connectivity index (χ1n) is 7.06. The maximum atomic E-state index is 5.64. The number of hydrogen-bond donors (Lipinski definition) is 2. The van der Waals surface area contributed by atoms with Gasteiger partial charge in [-0.2, -0.15) is 0 Å². The molecule has 20 heavy (non-hydrogen) atoms. The lowest BCUT2D eigenvalue weighted by Gasteiger charge is -2.18. The zero-order valence-corrected chi connectivity index (χ0v) is 13.5. The van der Waals surface area contributed by atoms with E-state index in [1.807, 2.05) is 0 Å². The fourth-order valence-electron chi connectivity index (χ4n) is 2.33. The van der Waals surface area contributed by atoms with E-state index in [9.17, 15) is 0 Å². The lowest BCUT2D eigenvalue weighted by atomic mass is 10.2. The Morgan fingerprint density at radius 1 is 1.25 bits per heavy atom. The van der Waals surface area contributed by atoms with Crippen molar-refractivity contribution in [1.29, 1.82) is 0 Å². The zero-order chi connectivity index (χ0) is 14.7. The maximum absolute atomic E-state index is 5.64. The van der Waals surface area contributed by atoms with Gasteiger partial charge < -0.3 is 5.43 Å². The Kier molecular flexibility index (Phi) is 4.91. The molecule has 0 aliphatic rings. The average molecular weight is 293 g/mol. The third-order valence-corrected chi connectivity index (χ3v) is 4.66. The molecule has 2 heterocycles. The number of hydrogen-bond acceptors (Lipinski definition) is 6. The van der Waals surface area contributed by atoms with Crippen LogP contribution in [0.5, 0.6) is 0 Å². The van der Waals surface area contributed by atoms with Crippen LogP contribution in [0.15, 0.2) is 0 Å². The number of fused-ring (bicyclic) bond motifs is 1. The molecule has 2 aromatic heterocycles. The van der Waals surface area contributed by atoms with Crippen molar-refractivity contribution in [1.82, 2.24) is 14.9 Å². The van der Waals surface area contributed by atoms with E-state index < -0.39 is 0 Å². The van der Waals surface area contributed by atoms with Crippen LogP contribution in [0, 0.1) is 13.8 Å². The first-order chi connectivity index (χ1) is 9.60. The van der Waals surface area contributed by atoms with Crippen LogP contribution in [0.4, 0.5) is 5.82 Å². The van der Waals surface area contributed by atoms with E-state index in [4.69, 9.17) is 10.8 Å². The summed E-state index contributed by atoms with van der Waals surface area (Å²) in [5, 5.41) is 1.05. The van der Waals surface area contributed by atoms with Gasteiger partial charge in [0.1, 0.15) is 10.7 Å². The van der Waals surface area contributed by atoms with Crippen LogP contribution in [-0.4, -0.2) is 28.0 Å². The van der Waals surface area contributed by atoms with Gasteiger partial charge in [-0.1, -0.05) is 13.8 Å². The molecule has 5 nitrogen and oxygen atoms in total. The number of nitrogens with zero attached hydrogens (tertiary/aromatic N) is 3. The van der Waals surface area contributed by atoms with E-state index in [2.05, 4.69) is 43.0 Å². The summed E-state index contributed by atoms with van der Waals surface area (Å²) in [4.78, 5) is 13.9. The number of anilines is 1. The molecule has 0 aliphatic carbocycles. The molecule has 0 aliphatic heterocycles. The SMILES string of the molecule is CCCN(CC)Cc1nc(NN)c2c(C)c(C)sc2n1. The van der Waals surface area contributed by atoms with E-state index in [0.717, 1.165) is 47.9 Å².